The van der Waals surface area contributed by atoms with E-state index < -0.39 is 11.9 Å². The molecular formula is C9H18N6O3. The van der Waals surface area contributed by atoms with E-state index in [4.69, 9.17) is 22.9 Å². The van der Waals surface area contributed by atoms with Crippen molar-refractivity contribution in [2.75, 3.05) is 13.1 Å². The number of rotatable bonds is 7. The lowest BCUT2D eigenvalue weighted by Gasteiger charge is -2.01. The molecule has 0 fully saturated rings. The van der Waals surface area contributed by atoms with E-state index in [-0.39, 0.29) is 31.3 Å². The number of aliphatic imine (C=N–C) groups is 2. The van der Waals surface area contributed by atoms with E-state index in [1.807, 2.05) is 0 Å². The van der Waals surface area contributed by atoms with Crippen molar-refractivity contribution >= 4 is 23.9 Å². The Bertz CT molecular complexity index is 344. The number of nitrogens with zero attached hydrogens (tertiary/aromatic N) is 2. The van der Waals surface area contributed by atoms with Crippen LogP contribution in [0.25, 0.3) is 0 Å². The van der Waals surface area contributed by atoms with Gasteiger partial charge in [0.25, 0.3) is 0 Å². The Morgan fingerprint density at radius 1 is 0.833 bits per heavy atom. The van der Waals surface area contributed by atoms with Gasteiger partial charge < -0.3 is 27.7 Å². The molecule has 18 heavy (non-hydrogen) atoms. The van der Waals surface area contributed by atoms with Crippen LogP contribution >= 0.6 is 0 Å². The molecule has 9 nitrogen and oxygen atoms in total. The normalized spacial score (nSPS) is 9.33. The van der Waals surface area contributed by atoms with Crippen molar-refractivity contribution in [1.82, 2.24) is 0 Å². The average Bonchev–Trinajstić information content (AvgIpc) is 2.23. The first kappa shape index (κ1) is 15.7. The standard InChI is InChI=1S/C9H18N6O3/c10-8(11)14-4-1-2-6(16)18-7(17)3-5-15-9(12)13/h1-5H2,(H4,10,11,14)(H4,12,13,15). The molecule has 0 saturated carbocycles. The third-order valence-electron chi connectivity index (χ3n) is 1.67. The fourth-order valence-electron chi connectivity index (χ4n) is 0.937. The lowest BCUT2D eigenvalue weighted by atomic mass is 10.3. The molecule has 102 valence electrons. The van der Waals surface area contributed by atoms with E-state index in [1.54, 1.807) is 0 Å². The molecule has 8 N–H and O–H groups in total. The maximum atomic E-state index is 11.2. The fraction of sp³-hybridized carbons (Fsp3) is 0.556. The summed E-state index contributed by atoms with van der Waals surface area (Å²) in [6.45, 7) is 0.391. The Morgan fingerprint density at radius 3 is 1.89 bits per heavy atom. The summed E-state index contributed by atoms with van der Waals surface area (Å²) in [4.78, 5) is 29.5. The van der Waals surface area contributed by atoms with E-state index in [9.17, 15) is 9.59 Å². The van der Waals surface area contributed by atoms with Crippen molar-refractivity contribution in [3.8, 4) is 0 Å². The molecule has 0 aliphatic heterocycles. The van der Waals surface area contributed by atoms with Gasteiger partial charge in [0.2, 0.25) is 0 Å². The van der Waals surface area contributed by atoms with Crippen LogP contribution in [-0.4, -0.2) is 36.9 Å². The van der Waals surface area contributed by atoms with Crippen LogP contribution in [0.2, 0.25) is 0 Å². The van der Waals surface area contributed by atoms with Gasteiger partial charge in [0.15, 0.2) is 11.9 Å². The van der Waals surface area contributed by atoms with Crippen molar-refractivity contribution < 1.29 is 14.3 Å². The molecule has 0 aliphatic carbocycles. The minimum absolute atomic E-state index is 0.0447. The smallest absolute Gasteiger partial charge is 0.315 e. The third-order valence-corrected chi connectivity index (χ3v) is 1.67. The maximum Gasteiger partial charge on any atom is 0.315 e. The van der Waals surface area contributed by atoms with Crippen LogP contribution in [0.15, 0.2) is 9.98 Å². The largest absolute Gasteiger partial charge is 0.393 e. The second-order valence-corrected chi connectivity index (χ2v) is 3.31. The van der Waals surface area contributed by atoms with E-state index in [1.165, 1.54) is 0 Å². The first-order chi connectivity index (χ1) is 8.41. The number of nitrogens with two attached hydrogens (primary N) is 4. The Labute approximate surface area is 104 Å². The number of hydrogen-bond donors (Lipinski definition) is 4. The monoisotopic (exact) mass is 258 g/mol. The molecular weight excluding hydrogens is 240 g/mol. The lowest BCUT2D eigenvalue weighted by molar-refractivity contribution is -0.159. The SMILES string of the molecule is NC(N)=NCCCC(=O)OC(=O)CCN=C(N)N. The number of carbonyl (C=O) groups is 2. The Hall–Kier alpha value is -2.32. The van der Waals surface area contributed by atoms with Gasteiger partial charge in [-0.3, -0.25) is 19.6 Å². The van der Waals surface area contributed by atoms with Crippen LogP contribution in [0.4, 0.5) is 0 Å². The number of guanidine groups is 2. The predicted octanol–water partition coefficient (Wildman–Crippen LogP) is -2.23. The van der Waals surface area contributed by atoms with Crippen molar-refractivity contribution in [3.05, 3.63) is 0 Å². The highest BCUT2D eigenvalue weighted by molar-refractivity contribution is 5.85. The van der Waals surface area contributed by atoms with Gasteiger partial charge in [-0.15, -0.1) is 0 Å². The Balaban J connectivity index is 3.71. The molecule has 0 saturated heterocycles. The van der Waals surface area contributed by atoms with Gasteiger partial charge in [-0.05, 0) is 6.42 Å². The molecule has 0 bridgehead atoms. The summed E-state index contributed by atoms with van der Waals surface area (Å²) in [5.41, 5.74) is 20.3. The topological polar surface area (TPSA) is 172 Å². The number of esters is 2. The average molecular weight is 258 g/mol. The molecule has 0 spiro atoms. The highest BCUT2D eigenvalue weighted by atomic mass is 16.6. The van der Waals surface area contributed by atoms with Crippen LogP contribution in [0.3, 0.4) is 0 Å². The molecule has 0 aromatic carbocycles. The molecule has 9 heteroatoms. The minimum atomic E-state index is -0.674. The van der Waals surface area contributed by atoms with Crippen molar-refractivity contribution in [1.29, 1.82) is 0 Å². The summed E-state index contributed by atoms with van der Waals surface area (Å²) in [6, 6.07) is 0. The predicted molar refractivity (Wildman–Crippen MR) is 66.3 cm³/mol. The van der Waals surface area contributed by atoms with E-state index in [0.717, 1.165) is 0 Å². The van der Waals surface area contributed by atoms with Crippen LogP contribution in [0.5, 0.6) is 0 Å². The van der Waals surface area contributed by atoms with Gasteiger partial charge in [-0.25, -0.2) is 0 Å². The zero-order valence-electron chi connectivity index (χ0n) is 9.96. The Kier molecular flexibility index (Phi) is 7.66. The molecule has 0 heterocycles. The zero-order valence-corrected chi connectivity index (χ0v) is 9.96. The van der Waals surface area contributed by atoms with Crippen molar-refractivity contribution in [2.45, 2.75) is 19.3 Å². The summed E-state index contributed by atoms with van der Waals surface area (Å²) in [5, 5.41) is 0. The quantitative estimate of drug-likeness (QED) is 0.131. The molecule has 0 aromatic heterocycles. The molecule has 0 rings (SSSR count). The van der Waals surface area contributed by atoms with Crippen LogP contribution < -0.4 is 22.9 Å². The number of ether oxygens (including phenoxy) is 1. The summed E-state index contributed by atoms with van der Waals surface area (Å²) in [7, 11) is 0. The lowest BCUT2D eigenvalue weighted by Crippen LogP contribution is -2.23. The third kappa shape index (κ3) is 10.2. The first-order valence-corrected chi connectivity index (χ1v) is 5.26. The van der Waals surface area contributed by atoms with Crippen LogP contribution in [-0.2, 0) is 14.3 Å². The minimum Gasteiger partial charge on any atom is -0.393 e. The summed E-state index contributed by atoms with van der Waals surface area (Å²) >= 11 is 0. The van der Waals surface area contributed by atoms with Gasteiger partial charge in [0.05, 0.1) is 13.0 Å². The fourth-order valence-corrected chi connectivity index (χ4v) is 0.937. The van der Waals surface area contributed by atoms with E-state index >= 15 is 0 Å². The molecule has 0 radical (unpaired) electrons. The van der Waals surface area contributed by atoms with Crippen molar-refractivity contribution in [2.24, 2.45) is 32.9 Å². The van der Waals surface area contributed by atoms with Gasteiger partial charge in [0.1, 0.15) is 0 Å². The second kappa shape index (κ2) is 8.79. The highest BCUT2D eigenvalue weighted by Gasteiger charge is 2.09. The number of carbonyl (C=O) groups excluding carboxylic acids is 2. The van der Waals surface area contributed by atoms with Crippen molar-refractivity contribution in [3.63, 3.8) is 0 Å². The molecule has 0 unspecified atom stereocenters. The van der Waals surface area contributed by atoms with Gasteiger partial charge >= 0.3 is 11.9 Å². The van der Waals surface area contributed by atoms with Gasteiger partial charge in [0, 0.05) is 13.0 Å². The maximum absolute atomic E-state index is 11.2. The van der Waals surface area contributed by atoms with E-state index in [2.05, 4.69) is 14.7 Å². The van der Waals surface area contributed by atoms with Gasteiger partial charge in [-0.2, -0.15) is 0 Å². The van der Waals surface area contributed by atoms with Crippen LogP contribution in [0, 0.1) is 0 Å². The second-order valence-electron chi connectivity index (χ2n) is 3.31. The molecule has 0 aliphatic rings. The Morgan fingerprint density at radius 2 is 1.33 bits per heavy atom. The molecule has 0 aromatic rings. The summed E-state index contributed by atoms with van der Waals surface area (Å²) < 4.78 is 4.50. The van der Waals surface area contributed by atoms with Crippen LogP contribution in [0.1, 0.15) is 19.3 Å². The van der Waals surface area contributed by atoms with Gasteiger partial charge in [-0.1, -0.05) is 0 Å². The number of hydrogen-bond acceptors (Lipinski definition) is 5. The molecule has 0 amide bonds. The van der Waals surface area contributed by atoms with E-state index in [0.29, 0.717) is 13.0 Å². The summed E-state index contributed by atoms with van der Waals surface area (Å²) in [6.07, 6.45) is 0.403. The zero-order chi connectivity index (χ0) is 14.0. The molecule has 0 atom stereocenters. The first-order valence-electron chi connectivity index (χ1n) is 5.26. The highest BCUT2D eigenvalue weighted by Crippen LogP contribution is 1.96. The summed E-state index contributed by atoms with van der Waals surface area (Å²) in [5.74, 6) is -1.47.